The minimum atomic E-state index is 0.492. The minimum absolute atomic E-state index is 0.492. The van der Waals surface area contributed by atoms with E-state index in [0.29, 0.717) is 26.4 Å². The summed E-state index contributed by atoms with van der Waals surface area (Å²) in [4.78, 5) is 0. The second-order valence-electron chi connectivity index (χ2n) is 4.12. The highest BCUT2D eigenvalue weighted by molar-refractivity contribution is 5.36. The average molecular weight is 253 g/mol. The lowest BCUT2D eigenvalue weighted by Gasteiger charge is -2.11. The van der Waals surface area contributed by atoms with Gasteiger partial charge in [-0.05, 0) is 19.4 Å². The second-order valence-corrected chi connectivity index (χ2v) is 4.12. The summed E-state index contributed by atoms with van der Waals surface area (Å²) in [6.45, 7) is 5.10. The number of rotatable bonds is 9. The van der Waals surface area contributed by atoms with E-state index < -0.39 is 0 Å². The molecule has 0 saturated carbocycles. The Labute approximate surface area is 109 Å². The number of aryl methyl sites for hydroxylation is 1. The quantitative estimate of drug-likeness (QED) is 0.683. The Morgan fingerprint density at radius 3 is 2.67 bits per heavy atom. The molecular formula is C14H23NO3. The van der Waals surface area contributed by atoms with Crippen molar-refractivity contribution in [2.75, 3.05) is 33.5 Å². The van der Waals surface area contributed by atoms with Crippen LogP contribution in [-0.2, 0) is 16.0 Å². The topological polar surface area (TPSA) is 53.7 Å². The van der Waals surface area contributed by atoms with Gasteiger partial charge in [0.25, 0.3) is 0 Å². The molecule has 0 aliphatic carbocycles. The van der Waals surface area contributed by atoms with Gasteiger partial charge in [-0.3, -0.25) is 0 Å². The van der Waals surface area contributed by atoms with E-state index in [4.69, 9.17) is 19.9 Å². The molecule has 0 saturated heterocycles. The van der Waals surface area contributed by atoms with Crippen molar-refractivity contribution in [2.45, 2.75) is 19.9 Å². The van der Waals surface area contributed by atoms with Gasteiger partial charge in [-0.15, -0.1) is 0 Å². The van der Waals surface area contributed by atoms with Crippen LogP contribution in [0.5, 0.6) is 5.75 Å². The molecule has 0 atom stereocenters. The highest BCUT2D eigenvalue weighted by Crippen LogP contribution is 2.19. The second kappa shape index (κ2) is 8.91. The molecule has 0 aliphatic rings. The molecule has 18 heavy (non-hydrogen) atoms. The van der Waals surface area contributed by atoms with E-state index >= 15 is 0 Å². The van der Waals surface area contributed by atoms with Crippen LogP contribution < -0.4 is 10.5 Å². The lowest BCUT2D eigenvalue weighted by atomic mass is 10.1. The fourth-order valence-electron chi connectivity index (χ4n) is 1.63. The van der Waals surface area contributed by atoms with Gasteiger partial charge in [-0.25, -0.2) is 0 Å². The zero-order chi connectivity index (χ0) is 13.2. The zero-order valence-electron chi connectivity index (χ0n) is 11.3. The van der Waals surface area contributed by atoms with Crippen LogP contribution in [-0.4, -0.2) is 33.5 Å². The van der Waals surface area contributed by atoms with Crippen molar-refractivity contribution in [3.8, 4) is 5.75 Å². The summed E-state index contributed by atoms with van der Waals surface area (Å²) in [6.07, 6.45) is 0.912. The largest absolute Gasteiger partial charge is 0.491 e. The summed E-state index contributed by atoms with van der Waals surface area (Å²) >= 11 is 0. The average Bonchev–Trinajstić information content (AvgIpc) is 2.39. The van der Waals surface area contributed by atoms with Crippen molar-refractivity contribution in [2.24, 2.45) is 5.73 Å². The van der Waals surface area contributed by atoms with E-state index in [-0.39, 0.29) is 0 Å². The zero-order valence-corrected chi connectivity index (χ0v) is 11.3. The van der Waals surface area contributed by atoms with Crippen LogP contribution in [0.3, 0.4) is 0 Å². The molecule has 0 aliphatic heterocycles. The molecule has 1 aromatic rings. The maximum atomic E-state index is 5.68. The van der Waals surface area contributed by atoms with Crippen LogP contribution in [0.25, 0.3) is 0 Å². The van der Waals surface area contributed by atoms with Gasteiger partial charge in [0.1, 0.15) is 12.4 Å². The number of methoxy groups -OCH3 is 1. The smallest absolute Gasteiger partial charge is 0.123 e. The molecule has 1 rings (SSSR count). The molecule has 0 aromatic heterocycles. The SMILES string of the molecule is COCCCOCCOc1ccc(C)cc1CN. The van der Waals surface area contributed by atoms with Crippen molar-refractivity contribution in [3.63, 3.8) is 0 Å². The number of ether oxygens (including phenoxy) is 3. The standard InChI is InChI=1S/C14H23NO3/c1-12-4-5-14(13(10-12)11-15)18-9-8-17-7-3-6-16-2/h4-5,10H,3,6-9,11,15H2,1-2H3. The fraction of sp³-hybridized carbons (Fsp3) is 0.571. The molecule has 0 heterocycles. The minimum Gasteiger partial charge on any atom is -0.491 e. The van der Waals surface area contributed by atoms with Gasteiger partial charge in [-0.1, -0.05) is 17.7 Å². The summed E-state index contributed by atoms with van der Waals surface area (Å²) in [5.41, 5.74) is 7.91. The Morgan fingerprint density at radius 2 is 1.94 bits per heavy atom. The van der Waals surface area contributed by atoms with Crippen LogP contribution in [0, 0.1) is 6.92 Å². The normalized spacial score (nSPS) is 10.6. The van der Waals surface area contributed by atoms with Crippen LogP contribution in [0.15, 0.2) is 18.2 Å². The number of benzene rings is 1. The van der Waals surface area contributed by atoms with Crippen molar-refractivity contribution in [1.29, 1.82) is 0 Å². The molecule has 0 bridgehead atoms. The van der Waals surface area contributed by atoms with E-state index in [1.54, 1.807) is 7.11 Å². The number of hydrogen-bond donors (Lipinski definition) is 1. The lowest BCUT2D eigenvalue weighted by Crippen LogP contribution is -2.10. The maximum absolute atomic E-state index is 5.68. The first-order chi connectivity index (χ1) is 8.77. The third-order valence-electron chi connectivity index (χ3n) is 2.56. The van der Waals surface area contributed by atoms with E-state index in [1.165, 1.54) is 5.56 Å². The van der Waals surface area contributed by atoms with Crippen molar-refractivity contribution in [1.82, 2.24) is 0 Å². The fourth-order valence-corrected chi connectivity index (χ4v) is 1.63. The predicted molar refractivity (Wildman–Crippen MR) is 71.9 cm³/mol. The van der Waals surface area contributed by atoms with Gasteiger partial charge in [0.15, 0.2) is 0 Å². The Balaban J connectivity index is 2.22. The summed E-state index contributed by atoms with van der Waals surface area (Å²) in [7, 11) is 1.69. The molecule has 0 spiro atoms. The summed E-state index contributed by atoms with van der Waals surface area (Å²) < 4.78 is 16.0. The van der Waals surface area contributed by atoms with Gasteiger partial charge in [-0.2, -0.15) is 0 Å². The first-order valence-corrected chi connectivity index (χ1v) is 6.27. The molecular weight excluding hydrogens is 230 g/mol. The van der Waals surface area contributed by atoms with E-state index in [1.807, 2.05) is 19.1 Å². The molecule has 4 heteroatoms. The number of nitrogens with two attached hydrogens (primary N) is 1. The molecule has 1 aromatic carbocycles. The van der Waals surface area contributed by atoms with Gasteiger partial charge in [0, 0.05) is 32.4 Å². The monoisotopic (exact) mass is 253 g/mol. The molecule has 0 radical (unpaired) electrons. The van der Waals surface area contributed by atoms with Gasteiger partial charge in [0.05, 0.1) is 6.61 Å². The Hall–Kier alpha value is -1.10. The van der Waals surface area contributed by atoms with Gasteiger partial charge < -0.3 is 19.9 Å². The van der Waals surface area contributed by atoms with E-state index in [2.05, 4.69) is 6.07 Å². The van der Waals surface area contributed by atoms with Gasteiger partial charge in [0.2, 0.25) is 0 Å². The first-order valence-electron chi connectivity index (χ1n) is 6.27. The Bertz CT molecular complexity index is 342. The Morgan fingerprint density at radius 1 is 1.11 bits per heavy atom. The Kier molecular flexibility index (Phi) is 7.41. The first kappa shape index (κ1) is 15.0. The molecule has 102 valence electrons. The number of hydrogen-bond acceptors (Lipinski definition) is 4. The molecule has 0 unspecified atom stereocenters. The van der Waals surface area contributed by atoms with Crippen molar-refractivity contribution in [3.05, 3.63) is 29.3 Å². The molecule has 2 N–H and O–H groups in total. The summed E-state index contributed by atoms with van der Waals surface area (Å²) in [5.74, 6) is 0.851. The van der Waals surface area contributed by atoms with Crippen molar-refractivity contribution >= 4 is 0 Å². The molecule has 0 fully saturated rings. The maximum Gasteiger partial charge on any atom is 0.123 e. The van der Waals surface area contributed by atoms with Crippen LogP contribution in [0.4, 0.5) is 0 Å². The van der Waals surface area contributed by atoms with Gasteiger partial charge >= 0.3 is 0 Å². The third kappa shape index (κ3) is 5.49. The van der Waals surface area contributed by atoms with Crippen LogP contribution in [0.2, 0.25) is 0 Å². The molecule has 4 nitrogen and oxygen atoms in total. The van der Waals surface area contributed by atoms with Crippen LogP contribution >= 0.6 is 0 Å². The summed E-state index contributed by atoms with van der Waals surface area (Å²) in [5, 5.41) is 0. The van der Waals surface area contributed by atoms with E-state index in [0.717, 1.165) is 24.3 Å². The highest BCUT2D eigenvalue weighted by Gasteiger charge is 2.02. The van der Waals surface area contributed by atoms with Crippen LogP contribution in [0.1, 0.15) is 17.5 Å². The van der Waals surface area contributed by atoms with E-state index in [9.17, 15) is 0 Å². The predicted octanol–water partition coefficient (Wildman–Crippen LogP) is 1.89. The molecule has 0 amide bonds. The third-order valence-corrected chi connectivity index (χ3v) is 2.56. The highest BCUT2D eigenvalue weighted by atomic mass is 16.5. The lowest BCUT2D eigenvalue weighted by molar-refractivity contribution is 0.0804. The van der Waals surface area contributed by atoms with Crippen molar-refractivity contribution < 1.29 is 14.2 Å². The summed E-state index contributed by atoms with van der Waals surface area (Å²) in [6, 6.07) is 6.03.